The molecule has 0 bridgehead atoms. The Kier molecular flexibility index (Phi) is 6.73. The fraction of sp³-hybridized carbons (Fsp3) is 0.667. The van der Waals surface area contributed by atoms with E-state index in [0.717, 1.165) is 43.6 Å². The summed E-state index contributed by atoms with van der Waals surface area (Å²) < 4.78 is 5.72. The smallest absolute Gasteiger partial charge is 0.213 e. The molecular weight excluding hydrogens is 224 g/mol. The first kappa shape index (κ1) is 15.0. The molecular formula is C15H26N2O. The van der Waals surface area contributed by atoms with Crippen molar-refractivity contribution in [3.05, 3.63) is 23.4 Å². The Morgan fingerprint density at radius 2 is 2.11 bits per heavy atom. The minimum Gasteiger partial charge on any atom is -0.478 e. The molecule has 0 aliphatic rings. The van der Waals surface area contributed by atoms with Gasteiger partial charge in [0.2, 0.25) is 5.88 Å². The topological polar surface area (TPSA) is 34.2 Å². The summed E-state index contributed by atoms with van der Waals surface area (Å²) in [6, 6.07) is 4.13. The Balaban J connectivity index is 2.46. The van der Waals surface area contributed by atoms with Gasteiger partial charge in [-0.05, 0) is 43.9 Å². The Bertz CT molecular complexity index is 350. The summed E-state index contributed by atoms with van der Waals surface area (Å²) in [4.78, 5) is 4.41. The van der Waals surface area contributed by atoms with Crippen molar-refractivity contribution in [1.82, 2.24) is 10.3 Å². The third kappa shape index (κ3) is 6.01. The van der Waals surface area contributed by atoms with Gasteiger partial charge in [0.15, 0.2) is 0 Å². The van der Waals surface area contributed by atoms with Crippen molar-refractivity contribution in [3.63, 3.8) is 0 Å². The predicted octanol–water partition coefficient (Wildman–Crippen LogP) is 3.31. The lowest BCUT2D eigenvalue weighted by Crippen LogP contribution is -2.12. The summed E-state index contributed by atoms with van der Waals surface area (Å²) in [6.45, 7) is 11.2. The van der Waals surface area contributed by atoms with Gasteiger partial charge in [-0.3, -0.25) is 0 Å². The van der Waals surface area contributed by atoms with E-state index in [9.17, 15) is 0 Å². The molecule has 102 valence electrons. The van der Waals surface area contributed by atoms with E-state index in [2.05, 4.69) is 37.1 Å². The molecule has 1 aromatic rings. The first-order valence-electron chi connectivity index (χ1n) is 6.93. The summed E-state index contributed by atoms with van der Waals surface area (Å²) in [6.07, 6.45) is 2.30. The van der Waals surface area contributed by atoms with Crippen LogP contribution in [0, 0.1) is 12.8 Å². The molecule has 0 spiro atoms. The molecule has 3 nitrogen and oxygen atoms in total. The van der Waals surface area contributed by atoms with E-state index in [-0.39, 0.29) is 0 Å². The molecule has 1 heterocycles. The fourth-order valence-corrected chi connectivity index (χ4v) is 1.82. The second-order valence-corrected chi connectivity index (χ2v) is 5.12. The van der Waals surface area contributed by atoms with Crippen LogP contribution in [0.2, 0.25) is 0 Å². The molecule has 0 radical (unpaired) electrons. The van der Waals surface area contributed by atoms with E-state index < -0.39 is 0 Å². The van der Waals surface area contributed by atoms with Crippen molar-refractivity contribution in [2.45, 2.75) is 47.1 Å². The molecule has 0 fully saturated rings. The van der Waals surface area contributed by atoms with Crippen molar-refractivity contribution in [1.29, 1.82) is 0 Å². The first-order valence-corrected chi connectivity index (χ1v) is 6.93. The maximum absolute atomic E-state index is 5.72. The fourth-order valence-electron chi connectivity index (χ4n) is 1.82. The quantitative estimate of drug-likeness (QED) is 0.719. The second-order valence-electron chi connectivity index (χ2n) is 5.12. The number of aryl methyl sites for hydroxylation is 1. The Morgan fingerprint density at radius 1 is 1.33 bits per heavy atom. The van der Waals surface area contributed by atoms with Crippen LogP contribution in [0.1, 0.15) is 44.9 Å². The number of aromatic nitrogens is 1. The van der Waals surface area contributed by atoms with Crippen LogP contribution in [0.4, 0.5) is 0 Å². The van der Waals surface area contributed by atoms with E-state index in [4.69, 9.17) is 4.74 Å². The van der Waals surface area contributed by atoms with Crippen molar-refractivity contribution in [2.75, 3.05) is 13.2 Å². The molecule has 1 aromatic heterocycles. The van der Waals surface area contributed by atoms with Crippen LogP contribution < -0.4 is 10.1 Å². The zero-order valence-corrected chi connectivity index (χ0v) is 12.1. The standard InChI is InChI=1S/C15H26N2O/c1-5-16-11-14-9-13(4)17-15(10-14)18-8-6-7-12(2)3/h9-10,12,16H,5-8,11H2,1-4H3. The lowest BCUT2D eigenvalue weighted by atomic mass is 10.1. The van der Waals surface area contributed by atoms with Crippen LogP contribution in [0.25, 0.3) is 0 Å². The first-order chi connectivity index (χ1) is 8.61. The minimum absolute atomic E-state index is 0.739. The number of hydrogen-bond donors (Lipinski definition) is 1. The molecule has 0 aliphatic heterocycles. The van der Waals surface area contributed by atoms with Gasteiger partial charge in [-0.2, -0.15) is 0 Å². The van der Waals surface area contributed by atoms with E-state index in [1.54, 1.807) is 0 Å². The summed E-state index contributed by atoms with van der Waals surface area (Å²) in [5.74, 6) is 1.50. The van der Waals surface area contributed by atoms with Gasteiger partial charge in [-0.25, -0.2) is 4.98 Å². The maximum atomic E-state index is 5.72. The van der Waals surface area contributed by atoms with Crippen LogP contribution in [-0.2, 0) is 6.54 Å². The maximum Gasteiger partial charge on any atom is 0.213 e. The number of pyridine rings is 1. The van der Waals surface area contributed by atoms with Gasteiger partial charge in [0.1, 0.15) is 0 Å². The lowest BCUT2D eigenvalue weighted by Gasteiger charge is -2.10. The highest BCUT2D eigenvalue weighted by Gasteiger charge is 2.02. The Labute approximate surface area is 111 Å². The third-order valence-corrected chi connectivity index (χ3v) is 2.74. The van der Waals surface area contributed by atoms with E-state index in [1.807, 2.05) is 13.0 Å². The van der Waals surface area contributed by atoms with Crippen LogP contribution in [0.5, 0.6) is 5.88 Å². The van der Waals surface area contributed by atoms with E-state index in [0.29, 0.717) is 0 Å². The van der Waals surface area contributed by atoms with Gasteiger partial charge >= 0.3 is 0 Å². The average molecular weight is 250 g/mol. The molecule has 1 N–H and O–H groups in total. The molecule has 3 heteroatoms. The number of ether oxygens (including phenoxy) is 1. The van der Waals surface area contributed by atoms with Crippen LogP contribution in [0.15, 0.2) is 12.1 Å². The largest absolute Gasteiger partial charge is 0.478 e. The number of hydrogen-bond acceptors (Lipinski definition) is 3. The molecule has 0 aromatic carbocycles. The van der Waals surface area contributed by atoms with Crippen LogP contribution in [-0.4, -0.2) is 18.1 Å². The second kappa shape index (κ2) is 8.09. The summed E-state index contributed by atoms with van der Waals surface area (Å²) in [5.41, 5.74) is 2.26. The van der Waals surface area contributed by atoms with Gasteiger partial charge in [-0.1, -0.05) is 20.8 Å². The lowest BCUT2D eigenvalue weighted by molar-refractivity contribution is 0.286. The number of nitrogens with zero attached hydrogens (tertiary/aromatic N) is 1. The predicted molar refractivity (Wildman–Crippen MR) is 75.9 cm³/mol. The summed E-state index contributed by atoms with van der Waals surface area (Å²) in [5, 5.41) is 3.32. The monoisotopic (exact) mass is 250 g/mol. The van der Waals surface area contributed by atoms with Gasteiger partial charge in [0.05, 0.1) is 6.61 Å². The molecule has 0 aliphatic carbocycles. The van der Waals surface area contributed by atoms with Gasteiger partial charge in [-0.15, -0.1) is 0 Å². The highest BCUT2D eigenvalue weighted by atomic mass is 16.5. The normalized spacial score (nSPS) is 10.9. The van der Waals surface area contributed by atoms with Crippen molar-refractivity contribution >= 4 is 0 Å². The SMILES string of the molecule is CCNCc1cc(C)nc(OCCCC(C)C)c1. The highest BCUT2D eigenvalue weighted by Crippen LogP contribution is 2.13. The summed E-state index contributed by atoms with van der Waals surface area (Å²) in [7, 11) is 0. The number of rotatable bonds is 8. The van der Waals surface area contributed by atoms with Gasteiger partial charge < -0.3 is 10.1 Å². The van der Waals surface area contributed by atoms with Crippen molar-refractivity contribution in [2.24, 2.45) is 5.92 Å². The molecule has 18 heavy (non-hydrogen) atoms. The Morgan fingerprint density at radius 3 is 2.78 bits per heavy atom. The molecule has 0 amide bonds. The molecule has 0 saturated heterocycles. The zero-order chi connectivity index (χ0) is 13.4. The highest BCUT2D eigenvalue weighted by molar-refractivity contribution is 5.24. The molecule has 0 saturated carbocycles. The average Bonchev–Trinajstić information content (AvgIpc) is 2.31. The van der Waals surface area contributed by atoms with Gasteiger partial charge in [0.25, 0.3) is 0 Å². The van der Waals surface area contributed by atoms with Crippen LogP contribution >= 0.6 is 0 Å². The molecule has 0 unspecified atom stereocenters. The molecule has 0 atom stereocenters. The number of nitrogens with one attached hydrogen (secondary N) is 1. The zero-order valence-electron chi connectivity index (χ0n) is 12.1. The minimum atomic E-state index is 0.739. The molecule has 1 rings (SSSR count). The van der Waals surface area contributed by atoms with E-state index in [1.165, 1.54) is 12.0 Å². The van der Waals surface area contributed by atoms with Crippen LogP contribution in [0.3, 0.4) is 0 Å². The van der Waals surface area contributed by atoms with Gasteiger partial charge in [0, 0.05) is 18.3 Å². The summed E-state index contributed by atoms with van der Waals surface area (Å²) >= 11 is 0. The van der Waals surface area contributed by atoms with Crippen molar-refractivity contribution in [3.8, 4) is 5.88 Å². The third-order valence-electron chi connectivity index (χ3n) is 2.74. The van der Waals surface area contributed by atoms with Crippen molar-refractivity contribution < 1.29 is 4.74 Å². The Hall–Kier alpha value is -1.09. The van der Waals surface area contributed by atoms with E-state index >= 15 is 0 Å².